The average Bonchev–Trinajstić information content (AvgIpc) is 2.36. The molecule has 0 bridgehead atoms. The lowest BCUT2D eigenvalue weighted by Gasteiger charge is -2.12. The molecule has 0 aliphatic carbocycles. The lowest BCUT2D eigenvalue weighted by atomic mass is 10.1. The number of rotatable bonds is 5. The van der Waals surface area contributed by atoms with Gasteiger partial charge in [0.05, 0.1) is 0 Å². The Labute approximate surface area is 130 Å². The van der Waals surface area contributed by atoms with Gasteiger partial charge in [0, 0.05) is 16.7 Å². The van der Waals surface area contributed by atoms with Gasteiger partial charge < -0.3 is 5.73 Å². The van der Waals surface area contributed by atoms with Gasteiger partial charge in [-0.2, -0.15) is 0 Å². The minimum Gasteiger partial charge on any atom is -0.328 e. The molecule has 0 aromatic heterocycles. The Balaban J connectivity index is 2.15. The molecule has 2 aromatic carbocycles. The molecule has 0 saturated heterocycles. The summed E-state index contributed by atoms with van der Waals surface area (Å²) >= 11 is 1.75. The van der Waals surface area contributed by atoms with E-state index in [4.69, 9.17) is 5.73 Å². The summed E-state index contributed by atoms with van der Waals surface area (Å²) < 4.78 is 13.4. The van der Waals surface area contributed by atoms with Crippen molar-refractivity contribution in [1.29, 1.82) is 0 Å². The van der Waals surface area contributed by atoms with E-state index in [2.05, 4.69) is 32.0 Å². The van der Waals surface area contributed by atoms with Gasteiger partial charge in [0.15, 0.2) is 0 Å². The minimum absolute atomic E-state index is 0.0346. The maximum absolute atomic E-state index is 13.4. The summed E-state index contributed by atoms with van der Waals surface area (Å²) in [6.07, 6.45) is 0.701. The number of aryl methyl sites for hydroxylation is 2. The van der Waals surface area contributed by atoms with E-state index in [1.54, 1.807) is 17.8 Å². The van der Waals surface area contributed by atoms with Gasteiger partial charge >= 0.3 is 0 Å². The van der Waals surface area contributed by atoms with Gasteiger partial charge in [-0.25, -0.2) is 4.39 Å². The normalized spacial score (nSPS) is 12.4. The molecule has 21 heavy (non-hydrogen) atoms. The second-order valence-electron chi connectivity index (χ2n) is 5.72. The predicted molar refractivity (Wildman–Crippen MR) is 89.2 cm³/mol. The zero-order chi connectivity index (χ0) is 15.4. The number of thioether (sulfide) groups is 1. The molecule has 1 nitrogen and oxygen atoms in total. The number of hydrogen-bond donors (Lipinski definition) is 1. The third kappa shape index (κ3) is 4.87. The number of halogens is 1. The Morgan fingerprint density at radius 3 is 2.38 bits per heavy atom. The van der Waals surface area contributed by atoms with E-state index in [1.165, 1.54) is 22.8 Å². The first-order valence-corrected chi connectivity index (χ1v) is 8.16. The molecule has 2 rings (SSSR count). The van der Waals surface area contributed by atoms with Crippen LogP contribution in [0.2, 0.25) is 0 Å². The van der Waals surface area contributed by atoms with E-state index < -0.39 is 0 Å². The summed E-state index contributed by atoms with van der Waals surface area (Å²) in [5.74, 6) is 0.696. The first kappa shape index (κ1) is 16.1. The van der Waals surface area contributed by atoms with Crippen molar-refractivity contribution in [3.05, 3.63) is 64.5 Å². The highest BCUT2D eigenvalue weighted by Crippen LogP contribution is 2.28. The Hall–Kier alpha value is -1.32. The summed E-state index contributed by atoms with van der Waals surface area (Å²) in [5.41, 5.74) is 10.7. The Kier molecular flexibility index (Phi) is 5.43. The van der Waals surface area contributed by atoms with Crippen molar-refractivity contribution < 1.29 is 4.39 Å². The van der Waals surface area contributed by atoms with Crippen LogP contribution in [0, 0.1) is 19.7 Å². The molecule has 0 heterocycles. The highest BCUT2D eigenvalue weighted by Gasteiger charge is 2.08. The molecule has 2 N–H and O–H groups in total. The third-order valence-electron chi connectivity index (χ3n) is 3.24. The molecule has 3 heteroatoms. The molecular formula is C18H22FNS. The fraction of sp³-hybridized carbons (Fsp3) is 0.333. The van der Waals surface area contributed by atoms with Crippen molar-refractivity contribution in [2.75, 3.05) is 0 Å². The van der Waals surface area contributed by atoms with Gasteiger partial charge in [-0.15, -0.1) is 11.8 Å². The molecule has 0 aliphatic rings. The van der Waals surface area contributed by atoms with Crippen molar-refractivity contribution in [1.82, 2.24) is 0 Å². The van der Waals surface area contributed by atoms with Crippen LogP contribution in [0.5, 0.6) is 0 Å². The second kappa shape index (κ2) is 7.10. The maximum Gasteiger partial charge on any atom is 0.123 e. The number of hydrogen-bond acceptors (Lipinski definition) is 2. The van der Waals surface area contributed by atoms with E-state index in [0.29, 0.717) is 6.42 Å². The van der Waals surface area contributed by atoms with Crippen molar-refractivity contribution >= 4 is 11.8 Å². The fourth-order valence-corrected chi connectivity index (χ4v) is 3.49. The predicted octanol–water partition coefficient (Wildman–Crippen LogP) is 4.62. The van der Waals surface area contributed by atoms with Gasteiger partial charge in [-0.3, -0.25) is 0 Å². The maximum atomic E-state index is 13.4. The zero-order valence-electron chi connectivity index (χ0n) is 12.8. The van der Waals surface area contributed by atoms with Gasteiger partial charge in [-0.1, -0.05) is 29.3 Å². The van der Waals surface area contributed by atoms with Crippen LogP contribution < -0.4 is 5.73 Å². The van der Waals surface area contributed by atoms with Gasteiger partial charge in [0.25, 0.3) is 0 Å². The van der Waals surface area contributed by atoms with Crippen LogP contribution in [0.4, 0.5) is 4.39 Å². The van der Waals surface area contributed by atoms with Gasteiger partial charge in [0.1, 0.15) is 5.82 Å². The molecule has 1 atom stereocenters. The fourth-order valence-electron chi connectivity index (χ4n) is 2.51. The molecule has 0 radical (unpaired) electrons. The summed E-state index contributed by atoms with van der Waals surface area (Å²) in [6.45, 7) is 6.17. The first-order chi connectivity index (χ1) is 9.94. The highest BCUT2D eigenvalue weighted by atomic mass is 32.2. The molecular weight excluding hydrogens is 281 g/mol. The van der Waals surface area contributed by atoms with E-state index in [9.17, 15) is 4.39 Å². The quantitative estimate of drug-likeness (QED) is 0.815. The largest absolute Gasteiger partial charge is 0.328 e. The molecule has 1 unspecified atom stereocenters. The monoisotopic (exact) mass is 303 g/mol. The summed E-state index contributed by atoms with van der Waals surface area (Å²) in [6, 6.07) is 11.6. The Bertz CT molecular complexity index is 602. The van der Waals surface area contributed by atoms with Crippen molar-refractivity contribution in [2.24, 2.45) is 5.73 Å². The second-order valence-corrected chi connectivity index (χ2v) is 6.74. The van der Waals surface area contributed by atoms with E-state index in [1.807, 2.05) is 13.0 Å². The van der Waals surface area contributed by atoms with Crippen LogP contribution in [-0.2, 0) is 12.2 Å². The molecule has 0 fully saturated rings. The topological polar surface area (TPSA) is 26.0 Å². The van der Waals surface area contributed by atoms with Gasteiger partial charge in [-0.05, 0) is 56.5 Å². The van der Waals surface area contributed by atoms with Crippen LogP contribution >= 0.6 is 11.8 Å². The first-order valence-electron chi connectivity index (χ1n) is 7.18. The SMILES string of the molecule is Cc1cc(C)cc(CSc2ccc(F)cc2CC(C)N)c1. The minimum atomic E-state index is -0.193. The molecule has 112 valence electrons. The van der Waals surface area contributed by atoms with Crippen molar-refractivity contribution in [3.63, 3.8) is 0 Å². The smallest absolute Gasteiger partial charge is 0.123 e. The van der Waals surface area contributed by atoms with E-state index in [-0.39, 0.29) is 11.9 Å². The lowest BCUT2D eigenvalue weighted by molar-refractivity contribution is 0.620. The molecule has 0 spiro atoms. The third-order valence-corrected chi connectivity index (χ3v) is 4.43. The van der Waals surface area contributed by atoms with Crippen LogP contribution in [0.3, 0.4) is 0 Å². The molecule has 0 amide bonds. The Morgan fingerprint density at radius 1 is 1.10 bits per heavy atom. The van der Waals surface area contributed by atoms with Crippen LogP contribution in [0.25, 0.3) is 0 Å². The van der Waals surface area contributed by atoms with Gasteiger partial charge in [0.2, 0.25) is 0 Å². The van der Waals surface area contributed by atoms with Crippen LogP contribution in [-0.4, -0.2) is 6.04 Å². The molecule has 0 saturated carbocycles. The standard InChI is InChI=1S/C18H22FNS/c1-12-6-13(2)8-15(7-12)11-21-18-5-4-17(19)10-16(18)9-14(3)20/h4-8,10,14H,9,11,20H2,1-3H3. The number of benzene rings is 2. The zero-order valence-corrected chi connectivity index (χ0v) is 13.6. The Morgan fingerprint density at radius 2 is 1.76 bits per heavy atom. The summed E-state index contributed by atoms with van der Waals surface area (Å²) in [7, 11) is 0. The molecule has 2 aromatic rings. The summed E-state index contributed by atoms with van der Waals surface area (Å²) in [5, 5.41) is 0. The van der Waals surface area contributed by atoms with Crippen molar-refractivity contribution in [3.8, 4) is 0 Å². The molecule has 0 aliphatic heterocycles. The highest BCUT2D eigenvalue weighted by molar-refractivity contribution is 7.98. The average molecular weight is 303 g/mol. The van der Waals surface area contributed by atoms with Crippen LogP contribution in [0.1, 0.15) is 29.2 Å². The van der Waals surface area contributed by atoms with Crippen molar-refractivity contribution in [2.45, 2.75) is 43.9 Å². The van der Waals surface area contributed by atoms with E-state index >= 15 is 0 Å². The number of nitrogens with two attached hydrogens (primary N) is 1. The summed E-state index contributed by atoms with van der Waals surface area (Å²) in [4.78, 5) is 1.12. The van der Waals surface area contributed by atoms with E-state index in [0.717, 1.165) is 16.2 Å². The van der Waals surface area contributed by atoms with Crippen LogP contribution in [0.15, 0.2) is 41.3 Å². The lowest BCUT2D eigenvalue weighted by Crippen LogP contribution is -2.18.